The van der Waals surface area contributed by atoms with E-state index < -0.39 is 0 Å². The van der Waals surface area contributed by atoms with Crippen molar-refractivity contribution in [3.8, 4) is 5.69 Å². The first kappa shape index (κ1) is 18.0. The van der Waals surface area contributed by atoms with Gasteiger partial charge in [0.15, 0.2) is 0 Å². The molecule has 0 aliphatic heterocycles. The van der Waals surface area contributed by atoms with Crippen LogP contribution in [0.3, 0.4) is 0 Å². The molecule has 0 saturated heterocycles. The normalized spacial score (nSPS) is 10.5. The number of halogens is 1. The number of amides is 1. The van der Waals surface area contributed by atoms with E-state index in [0.29, 0.717) is 30.2 Å². The van der Waals surface area contributed by atoms with Crippen molar-refractivity contribution in [2.75, 3.05) is 13.2 Å². The monoisotopic (exact) mass is 349 g/mol. The summed E-state index contributed by atoms with van der Waals surface area (Å²) < 4.78 is 6.50. The summed E-state index contributed by atoms with van der Waals surface area (Å²) in [5.74, 6) is -0.471. The summed E-state index contributed by atoms with van der Waals surface area (Å²) in [6.07, 6.45) is 2.35. The molecule has 0 atom stereocenters. The maximum atomic E-state index is 12.2. The molecule has 24 heavy (non-hydrogen) atoms. The minimum atomic E-state index is -0.253. The van der Waals surface area contributed by atoms with Crippen molar-refractivity contribution in [1.29, 1.82) is 0 Å². The van der Waals surface area contributed by atoms with Crippen molar-refractivity contribution in [2.24, 2.45) is 0 Å². The van der Waals surface area contributed by atoms with E-state index in [1.54, 1.807) is 23.7 Å². The molecule has 2 aromatic rings. The standard InChI is InChI=1S/C17H20ClN3O3/c1-3-24-16(22)8-5-9-19-17(23)15-11-20-21(12(15)2)14-7-4-6-13(18)10-14/h4,6-7,10-11H,3,5,8-9H2,1-2H3,(H,19,23). The number of esters is 1. The highest BCUT2D eigenvalue weighted by atomic mass is 35.5. The molecule has 128 valence electrons. The fraction of sp³-hybridized carbons (Fsp3) is 0.353. The number of ether oxygens (including phenoxy) is 1. The highest BCUT2D eigenvalue weighted by molar-refractivity contribution is 6.30. The summed E-state index contributed by atoms with van der Waals surface area (Å²) in [5.41, 5.74) is 2.01. The highest BCUT2D eigenvalue weighted by Gasteiger charge is 2.15. The molecule has 0 spiro atoms. The van der Waals surface area contributed by atoms with Crippen molar-refractivity contribution in [3.63, 3.8) is 0 Å². The van der Waals surface area contributed by atoms with Crippen LogP contribution in [0.25, 0.3) is 5.69 Å². The van der Waals surface area contributed by atoms with E-state index in [1.807, 2.05) is 19.1 Å². The van der Waals surface area contributed by atoms with Gasteiger partial charge in [0.1, 0.15) is 0 Å². The molecular weight excluding hydrogens is 330 g/mol. The molecule has 1 heterocycles. The Labute approximate surface area is 145 Å². The molecule has 0 saturated carbocycles. The minimum absolute atomic E-state index is 0.218. The van der Waals surface area contributed by atoms with E-state index in [9.17, 15) is 9.59 Å². The zero-order valence-electron chi connectivity index (χ0n) is 13.7. The topological polar surface area (TPSA) is 73.2 Å². The van der Waals surface area contributed by atoms with Gasteiger partial charge in [-0.1, -0.05) is 17.7 Å². The lowest BCUT2D eigenvalue weighted by Gasteiger charge is -2.07. The third kappa shape index (κ3) is 4.58. The van der Waals surface area contributed by atoms with Crippen LogP contribution in [-0.4, -0.2) is 34.8 Å². The Hall–Kier alpha value is -2.34. The minimum Gasteiger partial charge on any atom is -0.466 e. The molecule has 6 nitrogen and oxygen atoms in total. The summed E-state index contributed by atoms with van der Waals surface area (Å²) in [6.45, 7) is 4.36. The predicted octanol–water partition coefficient (Wildman–Crippen LogP) is 2.91. The van der Waals surface area contributed by atoms with Gasteiger partial charge in [-0.05, 0) is 38.5 Å². The van der Waals surface area contributed by atoms with Crippen molar-refractivity contribution >= 4 is 23.5 Å². The second-order valence-corrected chi connectivity index (χ2v) is 5.64. The van der Waals surface area contributed by atoms with Gasteiger partial charge in [0.05, 0.1) is 29.7 Å². The van der Waals surface area contributed by atoms with E-state index in [4.69, 9.17) is 16.3 Å². The molecule has 1 aromatic heterocycles. The molecule has 1 amide bonds. The SMILES string of the molecule is CCOC(=O)CCCNC(=O)c1cnn(-c2cccc(Cl)c2)c1C. The van der Waals surface area contributed by atoms with Crippen LogP contribution in [0.4, 0.5) is 0 Å². The maximum absolute atomic E-state index is 12.2. The smallest absolute Gasteiger partial charge is 0.305 e. The Bertz CT molecular complexity index is 728. The molecule has 7 heteroatoms. The second-order valence-electron chi connectivity index (χ2n) is 5.20. The van der Waals surface area contributed by atoms with Crippen molar-refractivity contribution in [1.82, 2.24) is 15.1 Å². The third-order valence-electron chi connectivity index (χ3n) is 3.46. The zero-order chi connectivity index (χ0) is 17.5. The lowest BCUT2D eigenvalue weighted by molar-refractivity contribution is -0.143. The van der Waals surface area contributed by atoms with Crippen LogP contribution in [-0.2, 0) is 9.53 Å². The first-order valence-corrected chi connectivity index (χ1v) is 8.15. The van der Waals surface area contributed by atoms with Gasteiger partial charge >= 0.3 is 5.97 Å². The predicted molar refractivity (Wildman–Crippen MR) is 91.5 cm³/mol. The number of benzene rings is 1. The fourth-order valence-electron chi connectivity index (χ4n) is 2.26. The van der Waals surface area contributed by atoms with Gasteiger partial charge in [0.2, 0.25) is 0 Å². The quantitative estimate of drug-likeness (QED) is 0.616. The van der Waals surface area contributed by atoms with Gasteiger partial charge < -0.3 is 10.1 Å². The summed E-state index contributed by atoms with van der Waals surface area (Å²) in [7, 11) is 0. The molecule has 0 aliphatic carbocycles. The number of carbonyl (C=O) groups is 2. The summed E-state index contributed by atoms with van der Waals surface area (Å²) in [4.78, 5) is 23.5. The number of carbonyl (C=O) groups excluding carboxylic acids is 2. The summed E-state index contributed by atoms with van der Waals surface area (Å²) >= 11 is 5.99. The zero-order valence-corrected chi connectivity index (χ0v) is 14.5. The first-order chi connectivity index (χ1) is 11.5. The van der Waals surface area contributed by atoms with Gasteiger partial charge in [-0.25, -0.2) is 4.68 Å². The van der Waals surface area contributed by atoms with Crippen molar-refractivity contribution in [2.45, 2.75) is 26.7 Å². The average Bonchev–Trinajstić information content (AvgIpc) is 2.93. The molecule has 0 radical (unpaired) electrons. The molecule has 1 aromatic carbocycles. The average molecular weight is 350 g/mol. The number of hydrogen-bond donors (Lipinski definition) is 1. The second kappa shape index (κ2) is 8.49. The van der Waals surface area contributed by atoms with Gasteiger partial charge in [-0.15, -0.1) is 0 Å². The number of nitrogens with one attached hydrogen (secondary N) is 1. The first-order valence-electron chi connectivity index (χ1n) is 7.77. The van der Waals surface area contributed by atoms with Gasteiger partial charge in [0, 0.05) is 18.0 Å². The van der Waals surface area contributed by atoms with E-state index in [2.05, 4.69) is 10.4 Å². The molecule has 1 N–H and O–H groups in total. The van der Waals surface area contributed by atoms with Crippen LogP contribution >= 0.6 is 11.6 Å². The van der Waals surface area contributed by atoms with Crippen LogP contribution < -0.4 is 5.32 Å². The lowest BCUT2D eigenvalue weighted by Crippen LogP contribution is -2.25. The van der Waals surface area contributed by atoms with Crippen LogP contribution in [0.1, 0.15) is 35.8 Å². The Kier molecular flexibility index (Phi) is 6.37. The van der Waals surface area contributed by atoms with Crippen molar-refractivity contribution < 1.29 is 14.3 Å². The van der Waals surface area contributed by atoms with E-state index in [-0.39, 0.29) is 18.3 Å². The number of nitrogens with zero attached hydrogens (tertiary/aromatic N) is 2. The fourth-order valence-corrected chi connectivity index (χ4v) is 2.45. The number of aromatic nitrogens is 2. The number of hydrogen-bond acceptors (Lipinski definition) is 4. The van der Waals surface area contributed by atoms with Crippen molar-refractivity contribution in [3.05, 3.63) is 46.7 Å². The Morgan fingerprint density at radius 2 is 2.17 bits per heavy atom. The Balaban J connectivity index is 1.95. The van der Waals surface area contributed by atoms with Crippen LogP contribution in [0.5, 0.6) is 0 Å². The Morgan fingerprint density at radius 3 is 2.88 bits per heavy atom. The third-order valence-corrected chi connectivity index (χ3v) is 3.69. The maximum Gasteiger partial charge on any atom is 0.305 e. The van der Waals surface area contributed by atoms with Crippen LogP contribution in [0.2, 0.25) is 5.02 Å². The molecule has 0 aliphatic rings. The van der Waals surface area contributed by atoms with Gasteiger partial charge in [-0.3, -0.25) is 9.59 Å². The van der Waals surface area contributed by atoms with E-state index >= 15 is 0 Å². The summed E-state index contributed by atoms with van der Waals surface area (Å²) in [5, 5.41) is 7.64. The van der Waals surface area contributed by atoms with E-state index in [1.165, 1.54) is 6.20 Å². The molecule has 2 rings (SSSR count). The Morgan fingerprint density at radius 1 is 1.38 bits per heavy atom. The molecule has 0 bridgehead atoms. The van der Waals surface area contributed by atoms with Crippen LogP contribution in [0.15, 0.2) is 30.5 Å². The van der Waals surface area contributed by atoms with E-state index in [0.717, 1.165) is 11.4 Å². The number of rotatable bonds is 7. The van der Waals surface area contributed by atoms with Gasteiger partial charge in [0.25, 0.3) is 5.91 Å². The van der Waals surface area contributed by atoms with Gasteiger partial charge in [-0.2, -0.15) is 5.10 Å². The molecule has 0 unspecified atom stereocenters. The summed E-state index contributed by atoms with van der Waals surface area (Å²) in [6, 6.07) is 7.25. The molecular formula is C17H20ClN3O3. The van der Waals surface area contributed by atoms with Crippen LogP contribution in [0, 0.1) is 6.92 Å². The largest absolute Gasteiger partial charge is 0.466 e. The molecule has 0 fully saturated rings. The lowest BCUT2D eigenvalue weighted by atomic mass is 10.2. The highest BCUT2D eigenvalue weighted by Crippen LogP contribution is 2.17.